The lowest BCUT2D eigenvalue weighted by Gasteiger charge is -2.29. The Hall–Kier alpha value is -3.27. The molecule has 59 heavy (non-hydrogen) atoms. The van der Waals surface area contributed by atoms with Gasteiger partial charge in [0, 0.05) is 58.9 Å². The molecule has 0 saturated heterocycles. The maximum absolute atomic E-state index is 12.7. The molecule has 3 saturated carbocycles. The highest BCUT2D eigenvalue weighted by Gasteiger charge is 2.48. The average molecular weight is 855 g/mol. The fourth-order valence-corrected chi connectivity index (χ4v) is 8.89. The van der Waals surface area contributed by atoms with Crippen molar-refractivity contribution in [1.29, 1.82) is 0 Å². The van der Waals surface area contributed by atoms with Gasteiger partial charge in [0.1, 0.15) is 29.8 Å². The number of nitrogens with one attached hydrogen (secondary N) is 2. The van der Waals surface area contributed by atoms with Gasteiger partial charge in [0.2, 0.25) is 0 Å². The van der Waals surface area contributed by atoms with Crippen molar-refractivity contribution >= 4 is 35.2 Å². The number of ether oxygens (including phenoxy) is 2. The molecule has 0 unspecified atom stereocenters. The molecule has 3 aliphatic carbocycles. The molecule has 2 aromatic carbocycles. The van der Waals surface area contributed by atoms with Gasteiger partial charge in [0.05, 0.1) is 31.0 Å². The third-order valence-corrected chi connectivity index (χ3v) is 13.1. The van der Waals surface area contributed by atoms with Crippen LogP contribution in [0.5, 0.6) is 5.75 Å². The number of benzene rings is 2. The summed E-state index contributed by atoms with van der Waals surface area (Å²) in [6.07, 6.45) is 9.89. The lowest BCUT2D eigenvalue weighted by molar-refractivity contribution is -0.120. The summed E-state index contributed by atoms with van der Waals surface area (Å²) in [7, 11) is 0. The Balaban J connectivity index is 0.840. The molecule has 0 radical (unpaired) electrons. The average Bonchev–Trinajstić information content (AvgIpc) is 4.20. The minimum absolute atomic E-state index is 0.0575. The number of unbranched alkanes of at least 4 members (excludes halogenated alkanes) is 3. The molecule has 12 nitrogen and oxygen atoms in total. The fourth-order valence-electron chi connectivity index (χ4n) is 7.74. The Morgan fingerprint density at radius 1 is 0.898 bits per heavy atom. The number of urea groups is 1. The van der Waals surface area contributed by atoms with Gasteiger partial charge in [-0.3, -0.25) is 9.78 Å². The molecule has 0 bridgehead atoms. The number of thioether (sulfide) groups is 1. The maximum atomic E-state index is 12.7. The van der Waals surface area contributed by atoms with Crippen LogP contribution >= 0.6 is 23.4 Å². The molecule has 4 atom stereocenters. The number of hydrogen-bond donors (Lipinski definition) is 7. The van der Waals surface area contributed by atoms with Gasteiger partial charge in [-0.1, -0.05) is 42.6 Å². The predicted octanol–water partition coefficient (Wildman–Crippen LogP) is 6.44. The number of amides is 2. The first-order chi connectivity index (χ1) is 28.5. The molecule has 322 valence electrons. The van der Waals surface area contributed by atoms with Crippen molar-refractivity contribution in [1.82, 2.24) is 15.6 Å². The van der Waals surface area contributed by atoms with E-state index in [9.17, 15) is 30.0 Å². The SMILES string of the molecule is O=C(CCCCCCSc1ccc(Cl)c(COC2(c3cnccc3-c3ccccc3OC3CC3)CC2)c1)CC1CCC(NC(=O)NC[C@H](O)[C@@H](O)[C@H](O)[C@H](O)CO)CC1. The number of pyridine rings is 1. The van der Waals surface area contributed by atoms with E-state index in [2.05, 4.69) is 39.9 Å². The quantitative estimate of drug-likeness (QED) is 0.0388. The Labute approximate surface area is 356 Å². The summed E-state index contributed by atoms with van der Waals surface area (Å²) in [6, 6.07) is 15.9. The van der Waals surface area contributed by atoms with Crippen LogP contribution in [-0.2, 0) is 21.7 Å². The molecule has 1 heterocycles. The lowest BCUT2D eigenvalue weighted by atomic mass is 9.82. The molecule has 6 rings (SSSR count). The summed E-state index contributed by atoms with van der Waals surface area (Å²) in [5.41, 5.74) is 3.84. The van der Waals surface area contributed by atoms with E-state index in [1.807, 2.05) is 48.4 Å². The van der Waals surface area contributed by atoms with Crippen LogP contribution in [0.4, 0.5) is 4.79 Å². The van der Waals surface area contributed by atoms with E-state index in [-0.39, 0.29) is 12.6 Å². The lowest BCUT2D eigenvalue weighted by Crippen LogP contribution is -2.51. The van der Waals surface area contributed by atoms with Crippen LogP contribution in [0.15, 0.2) is 65.8 Å². The number of aliphatic hydroxyl groups excluding tert-OH is 5. The molecule has 3 aliphatic rings. The van der Waals surface area contributed by atoms with E-state index in [1.54, 1.807) is 0 Å². The van der Waals surface area contributed by atoms with Crippen molar-refractivity contribution in [3.05, 3.63) is 77.1 Å². The standard InChI is InChI=1S/C45H60ClN3O9S/c46-38-17-16-34(24-30(38)28-57-45(19-20-45)37-25-47-21-18-35(37)36-8-4-5-9-41(36)58-33-14-15-33)59-22-6-2-1-3-7-32(51)23-29-10-12-31(13-11-29)49-44(56)48-26-39(52)42(54)43(55)40(53)27-50/h4-5,8-9,16-18,21,24-25,29,31,33,39-40,42-43,50,52-55H,1-3,6-7,10-15,19-20,22-23,26-28H2,(H2,48,49,56)/t29?,31?,39-,40+,42+,43+/m0/s1. The highest BCUT2D eigenvalue weighted by atomic mass is 35.5. The zero-order valence-electron chi connectivity index (χ0n) is 33.6. The van der Waals surface area contributed by atoms with Crippen LogP contribution in [0, 0.1) is 5.92 Å². The summed E-state index contributed by atoms with van der Waals surface area (Å²) in [5, 5.41) is 54.0. The summed E-state index contributed by atoms with van der Waals surface area (Å²) in [5.74, 6) is 2.50. The Morgan fingerprint density at radius 2 is 1.64 bits per heavy atom. The molecule has 14 heteroatoms. The summed E-state index contributed by atoms with van der Waals surface area (Å²) < 4.78 is 12.9. The normalized spacial score (nSPS) is 20.6. The topological polar surface area (TPSA) is 191 Å². The Morgan fingerprint density at radius 3 is 2.39 bits per heavy atom. The summed E-state index contributed by atoms with van der Waals surface area (Å²) in [6.45, 7) is -0.699. The monoisotopic (exact) mass is 853 g/mol. The number of hydrogen-bond acceptors (Lipinski definition) is 11. The van der Waals surface area contributed by atoms with Gasteiger partial charge in [0.25, 0.3) is 0 Å². The molecule has 1 aromatic heterocycles. The molecule has 2 amide bonds. The highest BCUT2D eigenvalue weighted by molar-refractivity contribution is 7.99. The largest absolute Gasteiger partial charge is 0.490 e. The van der Waals surface area contributed by atoms with Gasteiger partial charge >= 0.3 is 6.03 Å². The van der Waals surface area contributed by atoms with Crippen molar-refractivity contribution in [3.8, 4) is 16.9 Å². The number of ketones is 1. The Bertz CT molecular complexity index is 1820. The first-order valence-electron chi connectivity index (χ1n) is 21.2. The fraction of sp³-hybridized carbons (Fsp3) is 0.578. The van der Waals surface area contributed by atoms with E-state index in [0.717, 1.165) is 116 Å². The van der Waals surface area contributed by atoms with E-state index >= 15 is 0 Å². The van der Waals surface area contributed by atoms with Crippen LogP contribution in [0.25, 0.3) is 11.1 Å². The number of halogens is 1. The van der Waals surface area contributed by atoms with E-state index < -0.39 is 42.7 Å². The zero-order valence-corrected chi connectivity index (χ0v) is 35.2. The van der Waals surface area contributed by atoms with Crippen molar-refractivity contribution in [2.24, 2.45) is 5.92 Å². The molecule has 3 fully saturated rings. The zero-order chi connectivity index (χ0) is 41.8. The molecule has 0 spiro atoms. The molecule has 3 aromatic rings. The minimum Gasteiger partial charge on any atom is -0.490 e. The third kappa shape index (κ3) is 13.4. The summed E-state index contributed by atoms with van der Waals surface area (Å²) in [4.78, 5) is 30.7. The van der Waals surface area contributed by atoms with Gasteiger partial charge in [-0.2, -0.15) is 0 Å². The van der Waals surface area contributed by atoms with E-state index in [0.29, 0.717) is 42.3 Å². The van der Waals surface area contributed by atoms with Crippen molar-refractivity contribution in [2.75, 3.05) is 18.9 Å². The number of para-hydroxylation sites is 1. The van der Waals surface area contributed by atoms with Crippen molar-refractivity contribution in [3.63, 3.8) is 0 Å². The number of carbonyl (C=O) groups is 2. The van der Waals surface area contributed by atoms with Gasteiger partial charge in [-0.25, -0.2) is 4.79 Å². The molecular formula is C45H60ClN3O9S. The van der Waals surface area contributed by atoms with Gasteiger partial charge in [-0.05, 0) is 117 Å². The van der Waals surface area contributed by atoms with Crippen LogP contribution in [-0.4, -0.2) is 97.8 Å². The van der Waals surface area contributed by atoms with Gasteiger partial charge < -0.3 is 45.6 Å². The maximum Gasteiger partial charge on any atom is 0.315 e. The summed E-state index contributed by atoms with van der Waals surface area (Å²) >= 11 is 8.49. The van der Waals surface area contributed by atoms with Crippen LogP contribution < -0.4 is 15.4 Å². The minimum atomic E-state index is -1.75. The Kier molecular flexibility index (Phi) is 16.9. The number of rotatable bonds is 24. The molecular weight excluding hydrogens is 794 g/mol. The number of Topliss-reactive ketones (excluding diaryl/α,β-unsaturated/α-hetero) is 1. The van der Waals surface area contributed by atoms with Gasteiger partial charge in [0.15, 0.2) is 0 Å². The smallest absolute Gasteiger partial charge is 0.315 e. The first kappa shape index (κ1) is 45.3. The third-order valence-electron chi connectivity index (χ3n) is 11.6. The number of nitrogens with zero attached hydrogens (tertiary/aromatic N) is 1. The van der Waals surface area contributed by atoms with Crippen LogP contribution in [0.1, 0.15) is 101 Å². The second-order valence-electron chi connectivity index (χ2n) is 16.4. The van der Waals surface area contributed by atoms with Crippen molar-refractivity contribution < 1.29 is 44.6 Å². The second kappa shape index (κ2) is 22.0. The van der Waals surface area contributed by atoms with Gasteiger partial charge in [-0.15, -0.1) is 11.8 Å². The number of aromatic nitrogens is 1. The number of carbonyl (C=O) groups excluding carboxylic acids is 2. The molecule has 7 N–H and O–H groups in total. The predicted molar refractivity (Wildman–Crippen MR) is 227 cm³/mol. The molecule has 0 aliphatic heterocycles. The number of aliphatic hydroxyl groups is 5. The highest BCUT2D eigenvalue weighted by Crippen LogP contribution is 2.53. The van der Waals surface area contributed by atoms with Crippen LogP contribution in [0.3, 0.4) is 0 Å². The van der Waals surface area contributed by atoms with E-state index in [1.165, 1.54) is 0 Å². The van der Waals surface area contributed by atoms with E-state index in [4.69, 9.17) is 26.2 Å². The van der Waals surface area contributed by atoms with Crippen molar-refractivity contribution in [2.45, 2.75) is 144 Å². The first-order valence-corrected chi connectivity index (χ1v) is 22.6. The van der Waals surface area contributed by atoms with Crippen LogP contribution in [0.2, 0.25) is 5.02 Å². The second-order valence-corrected chi connectivity index (χ2v) is 18.0.